The Morgan fingerprint density at radius 2 is 1.95 bits per heavy atom. The zero-order valence-electron chi connectivity index (χ0n) is 10.9. The summed E-state index contributed by atoms with van der Waals surface area (Å²) in [4.78, 5) is 4.30. The third kappa shape index (κ3) is 2.69. The third-order valence-corrected chi connectivity index (χ3v) is 4.62. The summed E-state index contributed by atoms with van der Waals surface area (Å²) in [6.07, 6.45) is 3.48. The van der Waals surface area contributed by atoms with Gasteiger partial charge >= 0.3 is 0 Å². The average Bonchev–Trinajstić information content (AvgIpc) is 2.88. The summed E-state index contributed by atoms with van der Waals surface area (Å²) < 4.78 is 25.8. The first-order valence-electron chi connectivity index (χ1n) is 6.07. The quantitative estimate of drug-likeness (QED) is 0.926. The van der Waals surface area contributed by atoms with Crippen LogP contribution in [-0.2, 0) is 10.0 Å². The van der Waals surface area contributed by atoms with Gasteiger partial charge in [0.15, 0.2) is 0 Å². The first-order chi connectivity index (χ1) is 8.95. The second-order valence-corrected chi connectivity index (χ2v) is 6.30. The van der Waals surface area contributed by atoms with Crippen LogP contribution in [0.1, 0.15) is 30.6 Å². The second kappa shape index (κ2) is 5.14. The van der Waals surface area contributed by atoms with Crippen molar-refractivity contribution in [2.24, 2.45) is 5.73 Å². The molecule has 0 saturated carbocycles. The standard InChI is InChI=1S/C13H17N3O2S/c1-3-12(14)13-8-16(9-15-13)19(17,18)11-6-4-10(2)5-7-11/h4-9,12H,3,14H2,1-2H3/t12-/m0/s1. The van der Waals surface area contributed by atoms with Crippen molar-refractivity contribution in [3.63, 3.8) is 0 Å². The Hall–Kier alpha value is -1.66. The third-order valence-electron chi connectivity index (χ3n) is 3.00. The van der Waals surface area contributed by atoms with Crippen molar-refractivity contribution >= 4 is 10.0 Å². The molecule has 2 aromatic rings. The number of aryl methyl sites for hydroxylation is 1. The first-order valence-corrected chi connectivity index (χ1v) is 7.51. The van der Waals surface area contributed by atoms with Crippen LogP contribution < -0.4 is 5.73 Å². The molecule has 102 valence electrons. The van der Waals surface area contributed by atoms with Crippen molar-refractivity contribution in [3.05, 3.63) is 48.0 Å². The molecule has 0 amide bonds. The number of nitrogens with zero attached hydrogens (tertiary/aromatic N) is 2. The first kappa shape index (κ1) is 13.8. The lowest BCUT2D eigenvalue weighted by molar-refractivity contribution is 0.587. The van der Waals surface area contributed by atoms with E-state index in [0.717, 1.165) is 9.54 Å². The fourth-order valence-electron chi connectivity index (χ4n) is 1.68. The Morgan fingerprint density at radius 1 is 1.32 bits per heavy atom. The molecule has 0 spiro atoms. The van der Waals surface area contributed by atoms with Gasteiger partial charge in [-0.15, -0.1) is 0 Å². The number of hydrogen-bond acceptors (Lipinski definition) is 4. The molecule has 0 radical (unpaired) electrons. The van der Waals surface area contributed by atoms with E-state index in [-0.39, 0.29) is 10.9 Å². The predicted octanol–water partition coefficient (Wildman–Crippen LogP) is 1.84. The fourth-order valence-corrected chi connectivity index (χ4v) is 2.83. The van der Waals surface area contributed by atoms with Gasteiger partial charge < -0.3 is 5.73 Å². The number of hydrogen-bond donors (Lipinski definition) is 1. The van der Waals surface area contributed by atoms with Crippen molar-refractivity contribution < 1.29 is 8.42 Å². The smallest absolute Gasteiger partial charge is 0.268 e. The van der Waals surface area contributed by atoms with E-state index in [1.807, 2.05) is 13.8 Å². The summed E-state index contributed by atoms with van der Waals surface area (Å²) in [5.74, 6) is 0. The monoisotopic (exact) mass is 279 g/mol. The van der Waals surface area contributed by atoms with Gasteiger partial charge in [0.05, 0.1) is 10.6 Å². The molecule has 0 unspecified atom stereocenters. The molecule has 19 heavy (non-hydrogen) atoms. The topological polar surface area (TPSA) is 78.0 Å². The van der Waals surface area contributed by atoms with E-state index in [9.17, 15) is 8.42 Å². The minimum atomic E-state index is -3.58. The Morgan fingerprint density at radius 3 is 2.53 bits per heavy atom. The molecule has 0 aliphatic rings. The van der Waals surface area contributed by atoms with Crippen molar-refractivity contribution in [1.29, 1.82) is 0 Å². The Labute approximate surface area is 113 Å². The van der Waals surface area contributed by atoms with E-state index in [0.29, 0.717) is 12.1 Å². The molecular formula is C13H17N3O2S. The average molecular weight is 279 g/mol. The number of rotatable bonds is 4. The van der Waals surface area contributed by atoms with Gasteiger partial charge in [0.25, 0.3) is 10.0 Å². The molecule has 2 N–H and O–H groups in total. The maximum atomic E-state index is 12.4. The Kier molecular flexibility index (Phi) is 3.73. The number of aromatic nitrogens is 2. The maximum absolute atomic E-state index is 12.4. The maximum Gasteiger partial charge on any atom is 0.268 e. The Bertz CT molecular complexity index is 659. The molecule has 1 aromatic heterocycles. The molecule has 1 aromatic carbocycles. The lowest BCUT2D eigenvalue weighted by Gasteiger charge is -2.06. The number of nitrogens with two attached hydrogens (primary N) is 1. The van der Waals surface area contributed by atoms with Crippen molar-refractivity contribution in [3.8, 4) is 0 Å². The van der Waals surface area contributed by atoms with Crippen LogP contribution in [-0.4, -0.2) is 17.4 Å². The molecule has 6 heteroatoms. The van der Waals surface area contributed by atoms with Gasteiger partial charge in [-0.25, -0.2) is 17.4 Å². The molecule has 0 aliphatic carbocycles. The molecule has 0 saturated heterocycles. The van der Waals surface area contributed by atoms with Gasteiger partial charge in [-0.05, 0) is 25.5 Å². The van der Waals surface area contributed by atoms with E-state index in [1.165, 1.54) is 12.5 Å². The largest absolute Gasteiger partial charge is 0.323 e. The lowest BCUT2D eigenvalue weighted by Crippen LogP contribution is -2.12. The normalized spacial score (nSPS) is 13.4. The van der Waals surface area contributed by atoms with Crippen LogP contribution in [0.15, 0.2) is 41.7 Å². The molecule has 0 aliphatic heterocycles. The van der Waals surface area contributed by atoms with E-state index >= 15 is 0 Å². The molecule has 0 fully saturated rings. The second-order valence-electron chi connectivity index (χ2n) is 4.46. The SMILES string of the molecule is CC[C@H](N)c1cn(S(=O)(=O)c2ccc(C)cc2)cn1. The van der Waals surface area contributed by atoms with E-state index in [1.54, 1.807) is 24.3 Å². The molecule has 0 bridgehead atoms. The van der Waals surface area contributed by atoms with Crippen molar-refractivity contribution in [2.45, 2.75) is 31.2 Å². The summed E-state index contributed by atoms with van der Waals surface area (Å²) in [5, 5.41) is 0. The van der Waals surface area contributed by atoms with Crippen LogP contribution in [0.3, 0.4) is 0 Å². The summed E-state index contributed by atoms with van der Waals surface area (Å²) in [7, 11) is -3.58. The van der Waals surface area contributed by atoms with Gasteiger partial charge in [0, 0.05) is 12.2 Å². The van der Waals surface area contributed by atoms with Crippen LogP contribution in [0.5, 0.6) is 0 Å². The highest BCUT2D eigenvalue weighted by molar-refractivity contribution is 7.90. The van der Waals surface area contributed by atoms with Crippen LogP contribution in [0.4, 0.5) is 0 Å². The van der Waals surface area contributed by atoms with Crippen LogP contribution >= 0.6 is 0 Å². The summed E-state index contributed by atoms with van der Waals surface area (Å²) in [6, 6.07) is 6.47. The van der Waals surface area contributed by atoms with Gasteiger partial charge in [-0.2, -0.15) is 0 Å². The van der Waals surface area contributed by atoms with E-state index in [4.69, 9.17) is 5.73 Å². The highest BCUT2D eigenvalue weighted by atomic mass is 32.2. The molecule has 1 heterocycles. The van der Waals surface area contributed by atoms with Gasteiger partial charge in [0.1, 0.15) is 6.33 Å². The van der Waals surface area contributed by atoms with E-state index in [2.05, 4.69) is 4.98 Å². The highest BCUT2D eigenvalue weighted by Crippen LogP contribution is 2.17. The zero-order chi connectivity index (χ0) is 14.0. The van der Waals surface area contributed by atoms with Crippen LogP contribution in [0, 0.1) is 6.92 Å². The summed E-state index contributed by atoms with van der Waals surface area (Å²) in [5.41, 5.74) is 7.43. The minimum Gasteiger partial charge on any atom is -0.323 e. The van der Waals surface area contributed by atoms with E-state index < -0.39 is 10.0 Å². The highest BCUT2D eigenvalue weighted by Gasteiger charge is 2.18. The van der Waals surface area contributed by atoms with Crippen LogP contribution in [0.25, 0.3) is 0 Å². The summed E-state index contributed by atoms with van der Waals surface area (Å²) >= 11 is 0. The molecular weight excluding hydrogens is 262 g/mol. The molecule has 5 nitrogen and oxygen atoms in total. The molecule has 2 rings (SSSR count). The fraction of sp³-hybridized carbons (Fsp3) is 0.308. The predicted molar refractivity (Wildman–Crippen MR) is 73.2 cm³/mol. The molecule has 1 atom stereocenters. The number of benzene rings is 1. The zero-order valence-corrected chi connectivity index (χ0v) is 11.8. The van der Waals surface area contributed by atoms with Gasteiger partial charge in [-0.3, -0.25) is 0 Å². The van der Waals surface area contributed by atoms with Gasteiger partial charge in [0.2, 0.25) is 0 Å². The van der Waals surface area contributed by atoms with Crippen molar-refractivity contribution in [1.82, 2.24) is 8.96 Å². The van der Waals surface area contributed by atoms with Gasteiger partial charge in [-0.1, -0.05) is 24.6 Å². The number of imidazole rings is 1. The van der Waals surface area contributed by atoms with Crippen molar-refractivity contribution in [2.75, 3.05) is 0 Å². The Balaban J connectivity index is 2.39. The van der Waals surface area contributed by atoms with Crippen LogP contribution in [0.2, 0.25) is 0 Å². The summed E-state index contributed by atoms with van der Waals surface area (Å²) in [6.45, 7) is 3.84. The lowest BCUT2D eigenvalue weighted by atomic mass is 10.2. The minimum absolute atomic E-state index is 0.241.